The maximum atomic E-state index is 11.4. The van der Waals surface area contributed by atoms with Crippen molar-refractivity contribution in [3.63, 3.8) is 0 Å². The van der Waals surface area contributed by atoms with Gasteiger partial charge in [-0.15, -0.1) is 0 Å². The van der Waals surface area contributed by atoms with Crippen molar-refractivity contribution >= 4 is 61.9 Å². The van der Waals surface area contributed by atoms with Gasteiger partial charge >= 0.3 is 6.09 Å². The Balaban J connectivity index is 1.78. The van der Waals surface area contributed by atoms with Crippen LogP contribution < -0.4 is 4.90 Å². The fourth-order valence-electron chi connectivity index (χ4n) is 3.71. The van der Waals surface area contributed by atoms with Crippen molar-refractivity contribution in [2.24, 2.45) is 0 Å². The molecule has 2 aliphatic rings. The molecule has 2 bridgehead atoms. The fraction of sp³-hybridized carbons (Fsp3) is 0.400. The van der Waals surface area contributed by atoms with Gasteiger partial charge in [0.25, 0.3) is 0 Å². The maximum Gasteiger partial charge on any atom is 0.407 e. The van der Waals surface area contributed by atoms with Gasteiger partial charge in [0.2, 0.25) is 5.28 Å². The van der Waals surface area contributed by atoms with Crippen molar-refractivity contribution in [2.45, 2.75) is 24.9 Å². The van der Waals surface area contributed by atoms with E-state index < -0.39 is 6.09 Å². The van der Waals surface area contributed by atoms with Gasteiger partial charge in [0.15, 0.2) is 0 Å². The molecule has 0 saturated carbocycles. The van der Waals surface area contributed by atoms with E-state index in [9.17, 15) is 9.90 Å². The molecule has 0 radical (unpaired) electrons. The minimum absolute atomic E-state index is 0.0176. The van der Waals surface area contributed by atoms with Crippen LogP contribution in [-0.2, 0) is 0 Å². The molecule has 2 saturated heterocycles. The number of halogens is 3. The Morgan fingerprint density at radius 1 is 1.21 bits per heavy atom. The first kappa shape index (κ1) is 16.2. The maximum absolute atomic E-state index is 11.4. The summed E-state index contributed by atoms with van der Waals surface area (Å²) in [5.41, 5.74) is 0.703. The highest BCUT2D eigenvalue weighted by Crippen LogP contribution is 2.37. The average molecular weight is 432 g/mol. The highest BCUT2D eigenvalue weighted by atomic mass is 79.9. The van der Waals surface area contributed by atoms with Gasteiger partial charge in [0.1, 0.15) is 5.82 Å². The van der Waals surface area contributed by atoms with Gasteiger partial charge in [-0.05, 0) is 52.5 Å². The summed E-state index contributed by atoms with van der Waals surface area (Å²) in [6.07, 6.45) is 0.896. The predicted octanol–water partition coefficient (Wildman–Crippen LogP) is 4.03. The number of benzene rings is 1. The molecule has 9 heteroatoms. The summed E-state index contributed by atoms with van der Waals surface area (Å²) in [6, 6.07) is 3.60. The minimum Gasteiger partial charge on any atom is -0.465 e. The first-order valence-corrected chi connectivity index (χ1v) is 9.07. The molecule has 2 aromatic rings. The molecule has 4 rings (SSSR count). The Hall–Kier alpha value is -1.31. The van der Waals surface area contributed by atoms with Crippen molar-refractivity contribution in [3.8, 4) is 0 Å². The molecule has 1 amide bonds. The van der Waals surface area contributed by atoms with Crippen LogP contribution in [0.5, 0.6) is 0 Å². The van der Waals surface area contributed by atoms with Crippen LogP contribution in [0.4, 0.5) is 10.6 Å². The number of amides is 1. The molecule has 24 heavy (non-hydrogen) atoms. The summed E-state index contributed by atoms with van der Waals surface area (Å²) in [5.74, 6) is 0.710. The topological polar surface area (TPSA) is 69.6 Å². The third-order valence-electron chi connectivity index (χ3n) is 4.69. The molecule has 1 aromatic carbocycles. The molecule has 1 aromatic heterocycles. The third kappa shape index (κ3) is 2.59. The van der Waals surface area contributed by atoms with Crippen LogP contribution in [-0.4, -0.2) is 51.2 Å². The van der Waals surface area contributed by atoms with Crippen LogP contribution in [0.2, 0.25) is 10.3 Å². The first-order valence-electron chi connectivity index (χ1n) is 7.52. The zero-order valence-electron chi connectivity index (χ0n) is 12.4. The Kier molecular flexibility index (Phi) is 3.97. The lowest BCUT2D eigenvalue weighted by Crippen LogP contribution is -2.55. The zero-order chi connectivity index (χ0) is 17.0. The zero-order valence-corrected chi connectivity index (χ0v) is 15.5. The fourth-order valence-corrected chi connectivity index (χ4v) is 4.38. The van der Waals surface area contributed by atoms with Crippen molar-refractivity contribution in [1.82, 2.24) is 14.9 Å². The number of rotatable bonds is 1. The summed E-state index contributed by atoms with van der Waals surface area (Å²) in [6.45, 7) is 1.19. The molecule has 126 valence electrons. The molecule has 1 N–H and O–H groups in total. The number of fused-ring (bicyclic) bond motifs is 3. The summed E-state index contributed by atoms with van der Waals surface area (Å²) in [5, 5.41) is 10.9. The van der Waals surface area contributed by atoms with E-state index in [2.05, 4.69) is 30.8 Å². The van der Waals surface area contributed by atoms with Gasteiger partial charge in [0, 0.05) is 22.9 Å². The monoisotopic (exact) mass is 430 g/mol. The van der Waals surface area contributed by atoms with Gasteiger partial charge in [-0.1, -0.05) is 11.6 Å². The van der Waals surface area contributed by atoms with Crippen LogP contribution in [0.1, 0.15) is 12.8 Å². The first-order chi connectivity index (χ1) is 11.4. The Labute approximate surface area is 156 Å². The lowest BCUT2D eigenvalue weighted by atomic mass is 10.1. The predicted molar refractivity (Wildman–Crippen MR) is 96.1 cm³/mol. The Morgan fingerprint density at radius 2 is 1.88 bits per heavy atom. The van der Waals surface area contributed by atoms with E-state index in [1.54, 1.807) is 4.90 Å². The number of anilines is 1. The highest BCUT2D eigenvalue weighted by molar-refractivity contribution is 9.10. The van der Waals surface area contributed by atoms with E-state index >= 15 is 0 Å². The number of hydrogen-bond donors (Lipinski definition) is 1. The van der Waals surface area contributed by atoms with E-state index in [0.29, 0.717) is 29.4 Å². The van der Waals surface area contributed by atoms with Crippen LogP contribution in [0, 0.1) is 0 Å². The smallest absolute Gasteiger partial charge is 0.407 e. The largest absolute Gasteiger partial charge is 0.465 e. The molecule has 2 fully saturated rings. The molecule has 3 heterocycles. The summed E-state index contributed by atoms with van der Waals surface area (Å²) < 4.78 is 0.744. The lowest BCUT2D eigenvalue weighted by Gasteiger charge is -2.40. The van der Waals surface area contributed by atoms with Crippen LogP contribution in [0.15, 0.2) is 16.6 Å². The average Bonchev–Trinajstić information content (AvgIpc) is 2.79. The minimum atomic E-state index is -0.847. The highest BCUT2D eigenvalue weighted by Gasteiger charge is 2.43. The van der Waals surface area contributed by atoms with Gasteiger partial charge in [0.05, 0.1) is 22.6 Å². The summed E-state index contributed by atoms with van der Waals surface area (Å²) >= 11 is 15.7. The number of nitrogens with zero attached hydrogens (tertiary/aromatic N) is 4. The standard InChI is InChI=1S/C15H13BrCl2N4O2/c16-10-4-12-9(3-11(10)17)13(20-14(18)19-12)21-5-7-1-2-8(6-21)22(7)15(23)24/h3-4,7-8H,1-2,5-6H2,(H,23,24). The Bertz CT molecular complexity index is 836. The van der Waals surface area contributed by atoms with Crippen molar-refractivity contribution in [1.29, 1.82) is 0 Å². The quantitative estimate of drug-likeness (QED) is 0.690. The number of carboxylic acid groups (broad SMARTS) is 1. The van der Waals surface area contributed by atoms with E-state index in [-0.39, 0.29) is 17.4 Å². The normalized spacial score (nSPS) is 23.1. The summed E-state index contributed by atoms with van der Waals surface area (Å²) in [7, 11) is 0. The van der Waals surface area contributed by atoms with E-state index in [4.69, 9.17) is 23.2 Å². The molecule has 2 aliphatic heterocycles. The Morgan fingerprint density at radius 3 is 2.50 bits per heavy atom. The van der Waals surface area contributed by atoms with Gasteiger partial charge in [-0.25, -0.2) is 9.78 Å². The van der Waals surface area contributed by atoms with Gasteiger partial charge < -0.3 is 10.0 Å². The molecular weight excluding hydrogens is 419 g/mol. The van der Waals surface area contributed by atoms with Crippen molar-refractivity contribution < 1.29 is 9.90 Å². The third-order valence-corrected chi connectivity index (χ3v) is 6.06. The second kappa shape index (κ2) is 5.89. The van der Waals surface area contributed by atoms with Crippen LogP contribution in [0.25, 0.3) is 10.9 Å². The number of piperazine rings is 1. The SMILES string of the molecule is O=C(O)N1C2CCC1CN(c1nc(Cl)nc3cc(Br)c(Cl)cc13)C2. The van der Waals surface area contributed by atoms with Gasteiger partial charge in [-0.2, -0.15) is 4.98 Å². The summed E-state index contributed by atoms with van der Waals surface area (Å²) in [4.78, 5) is 23.8. The molecule has 0 aliphatic carbocycles. The second-order valence-electron chi connectivity index (χ2n) is 6.08. The van der Waals surface area contributed by atoms with Gasteiger partial charge in [-0.3, -0.25) is 4.90 Å². The van der Waals surface area contributed by atoms with Crippen LogP contribution >= 0.6 is 39.1 Å². The van der Waals surface area contributed by atoms with E-state index in [0.717, 1.165) is 22.7 Å². The number of carbonyl (C=O) groups is 1. The molecule has 2 unspecified atom stereocenters. The molecule has 6 nitrogen and oxygen atoms in total. The molecule has 0 spiro atoms. The van der Waals surface area contributed by atoms with Crippen LogP contribution in [0.3, 0.4) is 0 Å². The van der Waals surface area contributed by atoms with E-state index in [1.807, 2.05) is 12.1 Å². The molecular formula is C15H13BrCl2N4O2. The van der Waals surface area contributed by atoms with Crippen molar-refractivity contribution in [2.75, 3.05) is 18.0 Å². The number of aromatic nitrogens is 2. The second-order valence-corrected chi connectivity index (χ2v) is 7.68. The number of hydrogen-bond acceptors (Lipinski definition) is 4. The van der Waals surface area contributed by atoms with E-state index in [1.165, 1.54) is 0 Å². The molecule has 2 atom stereocenters. The lowest BCUT2D eigenvalue weighted by molar-refractivity contribution is 0.114. The van der Waals surface area contributed by atoms with Crippen molar-refractivity contribution in [3.05, 3.63) is 26.9 Å².